The van der Waals surface area contributed by atoms with Crippen molar-refractivity contribution >= 4 is 26.0 Å². The van der Waals surface area contributed by atoms with E-state index >= 15 is 0 Å². The van der Waals surface area contributed by atoms with Crippen LogP contribution in [0.25, 0.3) is 0 Å². The number of sulfonamides is 1. The second-order valence-electron chi connectivity index (χ2n) is 4.69. The molecule has 1 aromatic carbocycles. The van der Waals surface area contributed by atoms with E-state index in [1.807, 2.05) is 6.92 Å². The second kappa shape index (κ2) is 8.51. The Hall–Kier alpha value is -0.910. The Balaban J connectivity index is 3.16. The maximum absolute atomic E-state index is 12.7. The Morgan fingerprint density at radius 2 is 2.00 bits per heavy atom. The van der Waals surface area contributed by atoms with Gasteiger partial charge in [0.1, 0.15) is 0 Å². The van der Waals surface area contributed by atoms with Crippen molar-refractivity contribution in [3.8, 4) is 0 Å². The van der Waals surface area contributed by atoms with Crippen molar-refractivity contribution in [2.45, 2.75) is 31.2 Å². The van der Waals surface area contributed by atoms with Crippen LogP contribution in [-0.2, 0) is 10.0 Å². The lowest BCUT2D eigenvalue weighted by Gasteiger charge is -2.26. The third-order valence-corrected chi connectivity index (χ3v) is 5.28. The van der Waals surface area contributed by atoms with E-state index in [-0.39, 0.29) is 24.1 Å². The number of aryl methyl sites for hydroxylation is 1. The van der Waals surface area contributed by atoms with Crippen molar-refractivity contribution in [2.75, 3.05) is 13.2 Å². The molecule has 1 atom stereocenters. The Kier molecular flexibility index (Phi) is 7.35. The fourth-order valence-electron chi connectivity index (χ4n) is 1.87. The molecule has 21 heavy (non-hydrogen) atoms. The lowest BCUT2D eigenvalue weighted by atomic mass is 10.2. The van der Waals surface area contributed by atoms with E-state index < -0.39 is 10.0 Å². The van der Waals surface area contributed by atoms with E-state index in [0.717, 1.165) is 5.56 Å². The molecule has 1 rings (SSSR count). The zero-order valence-corrected chi connectivity index (χ0v) is 14.6. The highest BCUT2D eigenvalue weighted by molar-refractivity contribution is 9.11. The van der Waals surface area contributed by atoms with E-state index in [4.69, 9.17) is 5.11 Å². The van der Waals surface area contributed by atoms with Crippen LogP contribution in [0, 0.1) is 6.92 Å². The summed E-state index contributed by atoms with van der Waals surface area (Å²) in [5, 5.41) is 8.98. The normalized spacial score (nSPS) is 12.8. The fraction of sp³-hybridized carbons (Fsp3) is 0.400. The van der Waals surface area contributed by atoms with Crippen LogP contribution in [0.4, 0.5) is 0 Å². The van der Waals surface area contributed by atoms with Gasteiger partial charge in [-0.1, -0.05) is 33.6 Å². The van der Waals surface area contributed by atoms with Gasteiger partial charge in [-0.3, -0.25) is 0 Å². The number of hydrogen-bond donors (Lipinski definition) is 1. The van der Waals surface area contributed by atoms with Crippen LogP contribution in [0.1, 0.15) is 18.9 Å². The maximum atomic E-state index is 12.7. The predicted octanol–water partition coefficient (Wildman–Crippen LogP) is 2.82. The molecule has 0 unspecified atom stereocenters. The summed E-state index contributed by atoms with van der Waals surface area (Å²) < 4.78 is 26.8. The predicted molar refractivity (Wildman–Crippen MR) is 87.8 cm³/mol. The van der Waals surface area contributed by atoms with Crippen molar-refractivity contribution in [3.05, 3.63) is 46.6 Å². The zero-order valence-electron chi connectivity index (χ0n) is 12.2. The molecule has 0 radical (unpaired) electrons. The molecule has 6 heteroatoms. The summed E-state index contributed by atoms with van der Waals surface area (Å²) in [6.45, 7) is 3.90. The monoisotopic (exact) mass is 373 g/mol. The van der Waals surface area contributed by atoms with E-state index in [2.05, 4.69) is 21.7 Å². The largest absolute Gasteiger partial charge is 0.396 e. The second-order valence-corrected chi connectivity index (χ2v) is 7.04. The molecule has 0 saturated carbocycles. The maximum Gasteiger partial charge on any atom is 0.243 e. The first-order valence-electron chi connectivity index (χ1n) is 6.64. The van der Waals surface area contributed by atoms with Crippen LogP contribution in [-0.4, -0.2) is 37.0 Å². The van der Waals surface area contributed by atoms with Gasteiger partial charge < -0.3 is 5.11 Å². The van der Waals surface area contributed by atoms with Crippen LogP contribution in [0.3, 0.4) is 0 Å². The van der Waals surface area contributed by atoms with Gasteiger partial charge in [-0.15, -0.1) is 5.73 Å². The highest BCUT2D eigenvalue weighted by Crippen LogP contribution is 2.19. The molecule has 0 spiro atoms. The summed E-state index contributed by atoms with van der Waals surface area (Å²) in [5.74, 6) is 0. The van der Waals surface area contributed by atoms with Gasteiger partial charge in [0.05, 0.1) is 4.90 Å². The van der Waals surface area contributed by atoms with Crippen molar-refractivity contribution in [1.29, 1.82) is 0 Å². The Morgan fingerprint density at radius 3 is 2.52 bits per heavy atom. The van der Waals surface area contributed by atoms with Crippen molar-refractivity contribution in [2.24, 2.45) is 0 Å². The number of halogens is 1. The minimum atomic E-state index is -3.60. The number of rotatable bonds is 7. The van der Waals surface area contributed by atoms with Gasteiger partial charge in [0.25, 0.3) is 0 Å². The summed E-state index contributed by atoms with van der Waals surface area (Å²) in [6, 6.07) is 6.41. The van der Waals surface area contributed by atoms with E-state index in [0.29, 0.717) is 6.42 Å². The van der Waals surface area contributed by atoms with E-state index in [9.17, 15) is 8.42 Å². The average Bonchev–Trinajstić information content (AvgIpc) is 2.45. The summed E-state index contributed by atoms with van der Waals surface area (Å²) in [7, 11) is -3.60. The molecule has 0 bridgehead atoms. The molecule has 0 aliphatic carbocycles. The third-order valence-electron chi connectivity index (χ3n) is 3.02. The van der Waals surface area contributed by atoms with Crippen molar-refractivity contribution in [3.63, 3.8) is 0 Å². The quantitative estimate of drug-likeness (QED) is 0.747. The molecule has 0 amide bonds. The summed E-state index contributed by atoms with van der Waals surface area (Å²) >= 11 is 3.11. The van der Waals surface area contributed by atoms with E-state index in [1.54, 1.807) is 42.3 Å². The van der Waals surface area contributed by atoms with Crippen LogP contribution in [0.15, 0.2) is 46.0 Å². The molecule has 0 aliphatic rings. The van der Waals surface area contributed by atoms with Crippen LogP contribution in [0.5, 0.6) is 0 Å². The van der Waals surface area contributed by atoms with Gasteiger partial charge in [0.15, 0.2) is 0 Å². The van der Waals surface area contributed by atoms with Crippen molar-refractivity contribution in [1.82, 2.24) is 4.31 Å². The Morgan fingerprint density at radius 1 is 1.38 bits per heavy atom. The smallest absolute Gasteiger partial charge is 0.243 e. The standard InChI is InChI=1S/C15H20BrNO3S/c1-13-6-8-15(9-7-13)21(19,20)17(11-4-12-18)14(2)5-3-10-16/h5-10,14,18H,4,11-12H2,1-2H3/t3?,14-/m0/s1. The molecule has 0 heterocycles. The van der Waals surface area contributed by atoms with Gasteiger partial charge >= 0.3 is 0 Å². The number of nitrogens with zero attached hydrogens (tertiary/aromatic N) is 1. The lowest BCUT2D eigenvalue weighted by Crippen LogP contribution is -2.38. The SMILES string of the molecule is Cc1ccc(S(=O)(=O)N(CCCO)[C@@H](C)C=C=CBr)cc1. The van der Waals surface area contributed by atoms with Crippen LogP contribution < -0.4 is 0 Å². The van der Waals surface area contributed by atoms with Gasteiger partial charge in [0, 0.05) is 24.2 Å². The first-order chi connectivity index (χ1) is 9.93. The number of aliphatic hydroxyl groups excluding tert-OH is 1. The Bertz CT molecular complexity index is 604. The molecule has 1 N–H and O–H groups in total. The molecule has 0 fully saturated rings. The summed E-state index contributed by atoms with van der Waals surface area (Å²) in [4.78, 5) is 1.81. The van der Waals surface area contributed by atoms with E-state index in [1.165, 1.54) is 4.31 Å². The minimum absolute atomic E-state index is 0.0510. The minimum Gasteiger partial charge on any atom is -0.396 e. The Labute approximate surface area is 135 Å². The summed E-state index contributed by atoms with van der Waals surface area (Å²) in [6.07, 6.45) is 2.05. The molecular weight excluding hydrogens is 354 g/mol. The topological polar surface area (TPSA) is 57.6 Å². The molecule has 4 nitrogen and oxygen atoms in total. The molecular formula is C15H20BrNO3S. The highest BCUT2D eigenvalue weighted by Gasteiger charge is 2.27. The molecule has 0 aliphatic heterocycles. The van der Waals surface area contributed by atoms with Gasteiger partial charge in [-0.25, -0.2) is 8.42 Å². The van der Waals surface area contributed by atoms with Crippen LogP contribution >= 0.6 is 15.9 Å². The molecule has 1 aromatic rings. The molecule has 0 saturated heterocycles. The number of hydrogen-bond acceptors (Lipinski definition) is 3. The summed E-state index contributed by atoms with van der Waals surface area (Å²) in [5.41, 5.74) is 3.84. The van der Waals surface area contributed by atoms with Crippen molar-refractivity contribution < 1.29 is 13.5 Å². The number of aliphatic hydroxyl groups is 1. The third kappa shape index (κ3) is 5.09. The zero-order chi connectivity index (χ0) is 15.9. The number of benzene rings is 1. The first kappa shape index (κ1) is 18.1. The highest BCUT2D eigenvalue weighted by atomic mass is 79.9. The molecule has 116 valence electrons. The lowest BCUT2D eigenvalue weighted by molar-refractivity contribution is 0.263. The fourth-order valence-corrected chi connectivity index (χ4v) is 3.65. The first-order valence-corrected chi connectivity index (χ1v) is 8.99. The van der Waals surface area contributed by atoms with Gasteiger partial charge in [-0.2, -0.15) is 4.31 Å². The molecule has 0 aromatic heterocycles. The average molecular weight is 374 g/mol. The van der Waals surface area contributed by atoms with Gasteiger partial charge in [-0.05, 0) is 38.5 Å². The van der Waals surface area contributed by atoms with Crippen LogP contribution in [0.2, 0.25) is 0 Å². The van der Waals surface area contributed by atoms with Gasteiger partial charge in [0.2, 0.25) is 10.0 Å².